The summed E-state index contributed by atoms with van der Waals surface area (Å²) in [5.41, 5.74) is 3.68. The van der Waals surface area contributed by atoms with Crippen LogP contribution in [0.2, 0.25) is 0 Å². The van der Waals surface area contributed by atoms with Gasteiger partial charge in [-0.1, -0.05) is 0 Å². The van der Waals surface area contributed by atoms with E-state index in [1.54, 1.807) is 17.4 Å². The second-order valence-corrected chi connectivity index (χ2v) is 6.44. The number of halogens is 1. The van der Waals surface area contributed by atoms with Crippen LogP contribution in [0, 0.1) is 11.3 Å². The highest BCUT2D eigenvalue weighted by Crippen LogP contribution is 2.32. The summed E-state index contributed by atoms with van der Waals surface area (Å²) in [7, 11) is 0. The van der Waals surface area contributed by atoms with E-state index in [4.69, 9.17) is 16.9 Å². The molecule has 3 aromatic rings. The Morgan fingerprint density at radius 1 is 1.33 bits per heavy atom. The number of rotatable bonds is 3. The monoisotopic (exact) mass is 315 g/mol. The Bertz CT molecular complexity index is 812. The molecule has 0 aliphatic carbocycles. The minimum Gasteiger partial charge on any atom is -0.319 e. The maximum atomic E-state index is 9.12. The van der Waals surface area contributed by atoms with Crippen molar-refractivity contribution in [1.82, 2.24) is 9.55 Å². The number of alkyl halides is 1. The van der Waals surface area contributed by atoms with E-state index in [0.717, 1.165) is 16.9 Å². The largest absolute Gasteiger partial charge is 0.319 e. The van der Waals surface area contributed by atoms with Gasteiger partial charge in [0.05, 0.1) is 34.1 Å². The molecule has 2 atom stereocenters. The fraction of sp³-hybridized carbons (Fsp3) is 0.250. The number of fused-ring (bicyclic) bond motifs is 1. The van der Waals surface area contributed by atoms with Crippen LogP contribution in [-0.4, -0.2) is 9.55 Å². The summed E-state index contributed by atoms with van der Waals surface area (Å²) >= 11 is 7.99. The molecule has 2 unspecified atom stereocenters. The van der Waals surface area contributed by atoms with E-state index >= 15 is 0 Å². The first kappa shape index (κ1) is 14.1. The highest BCUT2D eigenvalue weighted by molar-refractivity contribution is 7.07. The van der Waals surface area contributed by atoms with Crippen LogP contribution in [0.15, 0.2) is 35.0 Å². The van der Waals surface area contributed by atoms with Gasteiger partial charge in [-0.3, -0.25) is 0 Å². The standard InChI is InChI=1S/C16H14ClN3S/c1-10(17)16-19-14-4-3-12(8-18)7-15(14)20(16)11(2)13-5-6-21-9-13/h3-7,9-11H,1-2H3. The van der Waals surface area contributed by atoms with Gasteiger partial charge in [0, 0.05) is 0 Å². The molecule has 21 heavy (non-hydrogen) atoms. The van der Waals surface area contributed by atoms with Crippen LogP contribution in [0.3, 0.4) is 0 Å². The molecule has 0 spiro atoms. The quantitative estimate of drug-likeness (QED) is 0.646. The summed E-state index contributed by atoms with van der Waals surface area (Å²) in [6.45, 7) is 4.05. The third-order valence-electron chi connectivity index (χ3n) is 3.61. The Morgan fingerprint density at radius 3 is 2.76 bits per heavy atom. The van der Waals surface area contributed by atoms with E-state index in [9.17, 15) is 0 Å². The van der Waals surface area contributed by atoms with Crippen molar-refractivity contribution in [2.45, 2.75) is 25.3 Å². The molecule has 1 aromatic carbocycles. The molecule has 2 heterocycles. The summed E-state index contributed by atoms with van der Waals surface area (Å²) in [6, 6.07) is 9.98. The Morgan fingerprint density at radius 2 is 2.14 bits per heavy atom. The van der Waals surface area contributed by atoms with Gasteiger partial charge in [0.1, 0.15) is 5.82 Å². The number of nitriles is 1. The Kier molecular flexibility index (Phi) is 3.71. The molecule has 0 aliphatic heterocycles. The summed E-state index contributed by atoms with van der Waals surface area (Å²) < 4.78 is 2.13. The summed E-state index contributed by atoms with van der Waals surface area (Å²) in [6.07, 6.45) is 0. The van der Waals surface area contributed by atoms with Crippen LogP contribution in [0.25, 0.3) is 11.0 Å². The lowest BCUT2D eigenvalue weighted by molar-refractivity contribution is 0.620. The van der Waals surface area contributed by atoms with Crippen LogP contribution >= 0.6 is 22.9 Å². The van der Waals surface area contributed by atoms with Gasteiger partial charge in [0.25, 0.3) is 0 Å². The minimum absolute atomic E-state index is 0.131. The maximum Gasteiger partial charge on any atom is 0.128 e. The number of aromatic nitrogens is 2. The molecule has 2 aromatic heterocycles. The van der Waals surface area contributed by atoms with Crippen molar-refractivity contribution in [1.29, 1.82) is 5.26 Å². The van der Waals surface area contributed by atoms with Crippen molar-refractivity contribution in [3.8, 4) is 6.07 Å². The predicted octanol–water partition coefficient (Wildman–Crippen LogP) is 4.88. The topological polar surface area (TPSA) is 41.6 Å². The second kappa shape index (κ2) is 5.51. The average molecular weight is 316 g/mol. The normalized spacial score (nSPS) is 14.0. The van der Waals surface area contributed by atoms with Crippen molar-refractivity contribution < 1.29 is 0 Å². The lowest BCUT2D eigenvalue weighted by Gasteiger charge is -2.18. The van der Waals surface area contributed by atoms with E-state index in [0.29, 0.717) is 5.56 Å². The highest BCUT2D eigenvalue weighted by Gasteiger charge is 2.20. The molecule has 3 rings (SSSR count). The van der Waals surface area contributed by atoms with Crippen molar-refractivity contribution in [2.24, 2.45) is 0 Å². The van der Waals surface area contributed by atoms with Crippen LogP contribution in [0.1, 0.15) is 42.2 Å². The molecule has 0 saturated heterocycles. The first-order valence-electron chi connectivity index (χ1n) is 6.70. The zero-order valence-corrected chi connectivity index (χ0v) is 13.3. The third-order valence-corrected chi connectivity index (χ3v) is 4.51. The number of imidazole rings is 1. The van der Waals surface area contributed by atoms with Crippen LogP contribution < -0.4 is 0 Å². The van der Waals surface area contributed by atoms with Crippen LogP contribution in [0.5, 0.6) is 0 Å². The molecule has 0 aliphatic rings. The zero-order valence-electron chi connectivity index (χ0n) is 11.7. The number of nitrogens with zero attached hydrogens (tertiary/aromatic N) is 3. The fourth-order valence-corrected chi connectivity index (χ4v) is 3.43. The summed E-state index contributed by atoms with van der Waals surface area (Å²) in [5, 5.41) is 13.1. The van der Waals surface area contributed by atoms with Gasteiger partial charge >= 0.3 is 0 Å². The molecule has 3 nitrogen and oxygen atoms in total. The lowest BCUT2D eigenvalue weighted by atomic mass is 10.1. The SMILES string of the molecule is CC(Cl)c1nc2ccc(C#N)cc2n1C(C)c1ccsc1. The van der Waals surface area contributed by atoms with E-state index < -0.39 is 0 Å². The van der Waals surface area contributed by atoms with Gasteiger partial charge in [-0.25, -0.2) is 4.98 Å². The molecule has 0 fully saturated rings. The van der Waals surface area contributed by atoms with E-state index in [1.165, 1.54) is 5.56 Å². The molecule has 0 bridgehead atoms. The Labute approximate surface area is 132 Å². The van der Waals surface area contributed by atoms with Crippen molar-refractivity contribution >= 4 is 34.0 Å². The molecule has 0 radical (unpaired) electrons. The van der Waals surface area contributed by atoms with Crippen molar-refractivity contribution in [3.63, 3.8) is 0 Å². The summed E-state index contributed by atoms with van der Waals surface area (Å²) in [5.74, 6) is 0.834. The van der Waals surface area contributed by atoms with E-state index in [-0.39, 0.29) is 11.4 Å². The smallest absolute Gasteiger partial charge is 0.128 e. The number of hydrogen-bond donors (Lipinski definition) is 0. The van der Waals surface area contributed by atoms with E-state index in [1.807, 2.05) is 19.1 Å². The molecule has 106 valence electrons. The number of thiophene rings is 1. The van der Waals surface area contributed by atoms with Gasteiger partial charge in [0.15, 0.2) is 0 Å². The molecular weight excluding hydrogens is 302 g/mol. The van der Waals surface area contributed by atoms with Crippen molar-refractivity contribution in [3.05, 3.63) is 52.0 Å². The van der Waals surface area contributed by atoms with E-state index in [2.05, 4.69) is 39.4 Å². The number of benzene rings is 1. The Balaban J connectivity index is 2.27. The van der Waals surface area contributed by atoms with Gasteiger partial charge in [-0.05, 0) is 54.4 Å². The second-order valence-electron chi connectivity index (χ2n) is 5.00. The predicted molar refractivity (Wildman–Crippen MR) is 86.8 cm³/mol. The van der Waals surface area contributed by atoms with Crippen LogP contribution in [0.4, 0.5) is 0 Å². The molecular formula is C16H14ClN3S. The van der Waals surface area contributed by atoms with Gasteiger partial charge < -0.3 is 4.57 Å². The van der Waals surface area contributed by atoms with Crippen molar-refractivity contribution in [2.75, 3.05) is 0 Å². The first-order valence-corrected chi connectivity index (χ1v) is 8.08. The zero-order chi connectivity index (χ0) is 15.0. The van der Waals surface area contributed by atoms with Gasteiger partial charge in [-0.15, -0.1) is 11.6 Å². The average Bonchev–Trinajstić information content (AvgIpc) is 3.13. The third kappa shape index (κ3) is 2.44. The van der Waals surface area contributed by atoms with Gasteiger partial charge in [-0.2, -0.15) is 16.6 Å². The Hall–Kier alpha value is -1.83. The molecule has 0 amide bonds. The van der Waals surface area contributed by atoms with Gasteiger partial charge in [0.2, 0.25) is 0 Å². The molecule has 0 N–H and O–H groups in total. The fourth-order valence-electron chi connectivity index (χ4n) is 2.53. The minimum atomic E-state index is -0.191. The first-order chi connectivity index (χ1) is 10.1. The number of hydrogen-bond acceptors (Lipinski definition) is 3. The summed E-state index contributed by atoms with van der Waals surface area (Å²) in [4.78, 5) is 4.64. The highest BCUT2D eigenvalue weighted by atomic mass is 35.5. The maximum absolute atomic E-state index is 9.12. The molecule has 0 saturated carbocycles. The van der Waals surface area contributed by atoms with Crippen LogP contribution in [-0.2, 0) is 0 Å². The molecule has 5 heteroatoms. The lowest BCUT2D eigenvalue weighted by Crippen LogP contribution is -2.10.